The normalized spacial score (nSPS) is 10.6. The number of aromatic nitrogens is 1. The summed E-state index contributed by atoms with van der Waals surface area (Å²) in [5.41, 5.74) is -0.166. The van der Waals surface area contributed by atoms with Crippen LogP contribution in [0.4, 0.5) is 8.78 Å². The Labute approximate surface area is 109 Å². The van der Waals surface area contributed by atoms with Crippen molar-refractivity contribution in [2.24, 2.45) is 0 Å². The lowest BCUT2D eigenvalue weighted by molar-refractivity contribution is 0.0598. The number of methoxy groups -OCH3 is 1. The van der Waals surface area contributed by atoms with Crippen LogP contribution >= 0.6 is 34.2 Å². The zero-order valence-electron chi connectivity index (χ0n) is 8.14. The first kappa shape index (κ1) is 13.6. The summed E-state index contributed by atoms with van der Waals surface area (Å²) in [5.74, 6) is -0.719. The van der Waals surface area contributed by atoms with Gasteiger partial charge in [0, 0.05) is 0 Å². The van der Waals surface area contributed by atoms with Crippen LogP contribution in [0.5, 0.6) is 0 Å². The van der Waals surface area contributed by atoms with Gasteiger partial charge in [0.05, 0.1) is 27.8 Å². The first-order chi connectivity index (χ1) is 7.51. The number of hydrogen-bond acceptors (Lipinski definition) is 3. The highest BCUT2D eigenvalue weighted by Crippen LogP contribution is 2.24. The predicted molar refractivity (Wildman–Crippen MR) is 62.8 cm³/mol. The van der Waals surface area contributed by atoms with Gasteiger partial charge in [-0.2, -0.15) is 0 Å². The van der Waals surface area contributed by atoms with E-state index in [1.54, 1.807) is 0 Å². The molecule has 3 nitrogen and oxygen atoms in total. The Kier molecular flexibility index (Phi) is 4.85. The Balaban J connectivity index is 3.35. The van der Waals surface area contributed by atoms with Crippen molar-refractivity contribution in [2.45, 2.75) is 12.3 Å². The molecular weight excluding hydrogens is 354 g/mol. The van der Waals surface area contributed by atoms with Crippen molar-refractivity contribution >= 4 is 40.2 Å². The first-order valence-corrected chi connectivity index (χ1v) is 5.74. The summed E-state index contributed by atoms with van der Waals surface area (Å²) in [5, 5.41) is 0. The van der Waals surface area contributed by atoms with E-state index in [0.717, 1.165) is 6.07 Å². The molecule has 1 heterocycles. The number of rotatable bonds is 3. The van der Waals surface area contributed by atoms with Crippen molar-refractivity contribution in [3.05, 3.63) is 26.6 Å². The number of carbonyl (C=O) groups is 1. The number of pyridine rings is 1. The van der Waals surface area contributed by atoms with E-state index in [9.17, 15) is 13.6 Å². The molecule has 0 aromatic carbocycles. The van der Waals surface area contributed by atoms with Crippen molar-refractivity contribution in [2.75, 3.05) is 7.11 Å². The topological polar surface area (TPSA) is 39.2 Å². The van der Waals surface area contributed by atoms with Crippen LogP contribution in [-0.2, 0) is 10.6 Å². The Morgan fingerprint density at radius 2 is 2.31 bits per heavy atom. The SMILES string of the molecule is COC(=O)c1cc(C(F)F)nc(CCl)c1I. The number of esters is 1. The molecule has 16 heavy (non-hydrogen) atoms. The van der Waals surface area contributed by atoms with Gasteiger partial charge in [0.2, 0.25) is 0 Å². The van der Waals surface area contributed by atoms with Gasteiger partial charge in [-0.05, 0) is 28.7 Å². The minimum atomic E-state index is -2.75. The lowest BCUT2D eigenvalue weighted by Gasteiger charge is -2.09. The largest absolute Gasteiger partial charge is 0.465 e. The van der Waals surface area contributed by atoms with Crippen molar-refractivity contribution in [3.8, 4) is 0 Å². The molecule has 0 aliphatic heterocycles. The molecule has 0 saturated heterocycles. The van der Waals surface area contributed by atoms with E-state index in [1.165, 1.54) is 7.11 Å². The number of alkyl halides is 3. The molecule has 0 atom stereocenters. The van der Waals surface area contributed by atoms with Gasteiger partial charge in [-0.1, -0.05) is 0 Å². The zero-order valence-corrected chi connectivity index (χ0v) is 11.1. The molecular formula is C9H7ClF2INO2. The van der Waals surface area contributed by atoms with Gasteiger partial charge in [-0.15, -0.1) is 11.6 Å². The summed E-state index contributed by atoms with van der Waals surface area (Å²) >= 11 is 7.39. The van der Waals surface area contributed by atoms with E-state index in [0.29, 0.717) is 3.57 Å². The fraction of sp³-hybridized carbons (Fsp3) is 0.333. The number of hydrogen-bond donors (Lipinski definition) is 0. The number of carbonyl (C=O) groups excluding carboxylic acids is 1. The van der Waals surface area contributed by atoms with Crippen LogP contribution in [-0.4, -0.2) is 18.1 Å². The summed E-state index contributed by atoms with van der Waals surface area (Å²) in [6.07, 6.45) is -2.75. The zero-order chi connectivity index (χ0) is 12.3. The summed E-state index contributed by atoms with van der Waals surface area (Å²) in [6, 6.07) is 1.02. The maximum Gasteiger partial charge on any atom is 0.339 e. The molecule has 0 spiro atoms. The lowest BCUT2D eigenvalue weighted by atomic mass is 10.2. The molecule has 1 rings (SSSR count). The third kappa shape index (κ3) is 2.79. The van der Waals surface area contributed by atoms with E-state index in [1.807, 2.05) is 22.6 Å². The average Bonchev–Trinajstić information content (AvgIpc) is 2.28. The molecule has 1 aromatic rings. The van der Waals surface area contributed by atoms with Crippen LogP contribution in [0, 0.1) is 3.57 Å². The maximum absolute atomic E-state index is 12.5. The van der Waals surface area contributed by atoms with Crippen molar-refractivity contribution in [1.29, 1.82) is 0 Å². The first-order valence-electron chi connectivity index (χ1n) is 4.13. The maximum atomic E-state index is 12.5. The number of nitrogens with zero attached hydrogens (tertiary/aromatic N) is 1. The molecule has 0 fully saturated rings. The second kappa shape index (κ2) is 5.72. The van der Waals surface area contributed by atoms with Crippen LogP contribution < -0.4 is 0 Å². The predicted octanol–water partition coefficient (Wildman–Crippen LogP) is 3.15. The van der Waals surface area contributed by atoms with Gasteiger partial charge in [-0.25, -0.2) is 18.6 Å². The molecule has 7 heteroatoms. The highest BCUT2D eigenvalue weighted by atomic mass is 127. The van der Waals surface area contributed by atoms with Crippen LogP contribution in [0.15, 0.2) is 6.07 Å². The van der Waals surface area contributed by atoms with E-state index >= 15 is 0 Å². The van der Waals surface area contributed by atoms with E-state index < -0.39 is 18.1 Å². The van der Waals surface area contributed by atoms with Crippen LogP contribution in [0.3, 0.4) is 0 Å². The van der Waals surface area contributed by atoms with Crippen LogP contribution in [0.25, 0.3) is 0 Å². The molecule has 0 aliphatic carbocycles. The Morgan fingerprint density at radius 3 is 2.75 bits per heavy atom. The molecule has 88 valence electrons. The van der Waals surface area contributed by atoms with Gasteiger partial charge >= 0.3 is 5.97 Å². The summed E-state index contributed by atoms with van der Waals surface area (Å²) in [7, 11) is 1.18. The molecule has 0 amide bonds. The van der Waals surface area contributed by atoms with Gasteiger partial charge in [0.1, 0.15) is 5.69 Å². The van der Waals surface area contributed by atoms with Crippen LogP contribution in [0.2, 0.25) is 0 Å². The highest BCUT2D eigenvalue weighted by molar-refractivity contribution is 14.1. The molecule has 0 saturated carbocycles. The molecule has 0 radical (unpaired) electrons. The summed E-state index contributed by atoms with van der Waals surface area (Å²) < 4.78 is 29.9. The Bertz CT molecular complexity index is 415. The fourth-order valence-electron chi connectivity index (χ4n) is 1.06. The van der Waals surface area contributed by atoms with Gasteiger partial charge in [0.25, 0.3) is 6.43 Å². The third-order valence-corrected chi connectivity index (χ3v) is 3.26. The highest BCUT2D eigenvalue weighted by Gasteiger charge is 2.20. The van der Waals surface area contributed by atoms with Gasteiger partial charge in [-0.3, -0.25) is 0 Å². The van der Waals surface area contributed by atoms with Crippen molar-refractivity contribution in [1.82, 2.24) is 4.98 Å². The van der Waals surface area contributed by atoms with E-state index in [2.05, 4.69) is 9.72 Å². The molecule has 0 bridgehead atoms. The second-order valence-corrected chi connectivity index (χ2v) is 4.13. The quantitative estimate of drug-likeness (QED) is 0.472. The lowest BCUT2D eigenvalue weighted by Crippen LogP contribution is -2.09. The molecule has 0 N–H and O–H groups in total. The number of halogens is 4. The summed E-state index contributed by atoms with van der Waals surface area (Å²) in [6.45, 7) is 0. The van der Waals surface area contributed by atoms with Crippen LogP contribution in [0.1, 0.15) is 28.2 Å². The minimum absolute atomic E-state index is 0.0389. The fourth-order valence-corrected chi connectivity index (χ4v) is 2.17. The Morgan fingerprint density at radius 1 is 1.69 bits per heavy atom. The third-order valence-electron chi connectivity index (χ3n) is 1.80. The minimum Gasteiger partial charge on any atom is -0.465 e. The monoisotopic (exact) mass is 361 g/mol. The van der Waals surface area contributed by atoms with Gasteiger partial charge in [0.15, 0.2) is 0 Å². The standard InChI is InChI=1S/C9H7ClF2INO2/c1-16-9(15)4-2-5(8(11)12)14-6(3-10)7(4)13/h2,8H,3H2,1H3. The summed E-state index contributed by atoms with van der Waals surface area (Å²) in [4.78, 5) is 15.0. The van der Waals surface area contributed by atoms with Gasteiger partial charge < -0.3 is 4.74 Å². The second-order valence-electron chi connectivity index (χ2n) is 2.78. The van der Waals surface area contributed by atoms with Crippen molar-refractivity contribution < 1.29 is 18.3 Å². The van der Waals surface area contributed by atoms with E-state index in [4.69, 9.17) is 11.6 Å². The van der Waals surface area contributed by atoms with Crippen molar-refractivity contribution in [3.63, 3.8) is 0 Å². The average molecular weight is 362 g/mol. The number of ether oxygens (including phenoxy) is 1. The molecule has 1 aromatic heterocycles. The van der Waals surface area contributed by atoms with E-state index in [-0.39, 0.29) is 17.1 Å². The molecule has 0 unspecified atom stereocenters. The Hall–Kier alpha value is -0.500. The molecule has 0 aliphatic rings. The smallest absolute Gasteiger partial charge is 0.339 e.